The molecule has 1 radical (unpaired) electrons. The third-order valence-corrected chi connectivity index (χ3v) is 5.31. The Morgan fingerprint density at radius 2 is 1.44 bits per heavy atom. The van der Waals surface area contributed by atoms with E-state index in [9.17, 15) is 0 Å². The maximum Gasteiger partial charge on any atom is 3.00 e. The van der Waals surface area contributed by atoms with Gasteiger partial charge in [-0.25, -0.2) is 6.07 Å². The maximum atomic E-state index is 2.38. The summed E-state index contributed by atoms with van der Waals surface area (Å²) in [5.41, 5.74) is 2.29. The van der Waals surface area contributed by atoms with Crippen molar-refractivity contribution in [2.24, 2.45) is 17.8 Å². The third kappa shape index (κ3) is 2.52. The van der Waals surface area contributed by atoms with E-state index in [1.807, 2.05) is 0 Å². The van der Waals surface area contributed by atoms with Crippen molar-refractivity contribution < 1.29 is 51.0 Å². The van der Waals surface area contributed by atoms with Crippen LogP contribution in [0.5, 0.6) is 0 Å². The minimum Gasteiger partial charge on any atom is -1.00 e. The van der Waals surface area contributed by atoms with Crippen LogP contribution >= 0.6 is 0 Å². The van der Waals surface area contributed by atoms with Gasteiger partial charge in [-0.2, -0.15) is 23.8 Å². The second-order valence-electron chi connectivity index (χ2n) is 6.37. The van der Waals surface area contributed by atoms with Gasteiger partial charge in [-0.3, -0.25) is 0 Å². The standard InChI is InChI=1S/C15H19.2ClH.Zr/c1-2-4-14(3-1)15-8-11-5-12(9-15)7-13(6-11)10-15;;;/h1-4,11-13H,5-10H2;2*1H;/q-1;;;+3/p-2. The average Bonchev–Trinajstić information content (AvgIpc) is 2.67. The van der Waals surface area contributed by atoms with Gasteiger partial charge in [0.2, 0.25) is 0 Å². The summed E-state index contributed by atoms with van der Waals surface area (Å²) < 4.78 is 0. The summed E-state index contributed by atoms with van der Waals surface area (Å²) in [6, 6.07) is 9.22. The molecule has 5 rings (SSSR count). The first-order valence-electron chi connectivity index (χ1n) is 6.56. The molecule has 1 aromatic rings. The van der Waals surface area contributed by atoms with E-state index < -0.39 is 0 Å². The average molecular weight is 361 g/mol. The van der Waals surface area contributed by atoms with Crippen LogP contribution in [0.25, 0.3) is 0 Å². The van der Waals surface area contributed by atoms with Crippen LogP contribution in [0.1, 0.15) is 44.1 Å². The van der Waals surface area contributed by atoms with Crippen molar-refractivity contribution >= 4 is 0 Å². The van der Waals surface area contributed by atoms with Gasteiger partial charge in [0.25, 0.3) is 0 Å². The molecule has 4 saturated carbocycles. The number of hydrogen-bond donors (Lipinski definition) is 0. The molecule has 4 aliphatic rings. The Labute approximate surface area is 142 Å². The molecule has 18 heavy (non-hydrogen) atoms. The van der Waals surface area contributed by atoms with Crippen LogP contribution in [-0.2, 0) is 31.6 Å². The first-order valence-corrected chi connectivity index (χ1v) is 6.56. The maximum absolute atomic E-state index is 2.38. The van der Waals surface area contributed by atoms with E-state index in [0.717, 1.165) is 17.8 Å². The molecule has 0 heterocycles. The van der Waals surface area contributed by atoms with E-state index in [4.69, 9.17) is 0 Å². The fourth-order valence-corrected chi connectivity index (χ4v) is 5.19. The molecule has 0 aromatic heterocycles. The molecule has 0 atom stereocenters. The molecule has 4 fully saturated rings. The van der Waals surface area contributed by atoms with E-state index in [2.05, 4.69) is 24.3 Å². The molecule has 0 saturated heterocycles. The van der Waals surface area contributed by atoms with Gasteiger partial charge < -0.3 is 24.8 Å². The van der Waals surface area contributed by atoms with E-state index >= 15 is 0 Å². The Hall–Kier alpha value is 0.813. The van der Waals surface area contributed by atoms with Crippen LogP contribution in [0.15, 0.2) is 24.3 Å². The minimum absolute atomic E-state index is 0. The van der Waals surface area contributed by atoms with E-state index in [0.29, 0.717) is 5.41 Å². The SMILES string of the molecule is [Cl-].[Cl-].[Zr+3].c1cc(C23CC4CC(CC(C4)C2)C3)c[cH-]1. The second-order valence-corrected chi connectivity index (χ2v) is 6.37. The van der Waals surface area contributed by atoms with Crippen LogP contribution in [0.2, 0.25) is 0 Å². The second kappa shape index (κ2) is 6.07. The van der Waals surface area contributed by atoms with Gasteiger partial charge in [0.1, 0.15) is 0 Å². The Morgan fingerprint density at radius 3 is 1.83 bits per heavy atom. The van der Waals surface area contributed by atoms with Gasteiger partial charge in [-0.1, -0.05) is 24.7 Å². The van der Waals surface area contributed by atoms with Gasteiger partial charge in [0, 0.05) is 0 Å². The molecule has 0 amide bonds. The van der Waals surface area contributed by atoms with Gasteiger partial charge in [-0.05, 0) is 37.0 Å². The summed E-state index contributed by atoms with van der Waals surface area (Å²) in [7, 11) is 0. The molecule has 4 bridgehead atoms. The summed E-state index contributed by atoms with van der Waals surface area (Å²) >= 11 is 0. The molecular formula is C15H19Cl2Zr. The van der Waals surface area contributed by atoms with Crippen molar-refractivity contribution in [1.29, 1.82) is 0 Å². The molecule has 0 nitrogen and oxygen atoms in total. The molecule has 0 spiro atoms. The molecule has 1 aromatic carbocycles. The van der Waals surface area contributed by atoms with Gasteiger partial charge in [0.15, 0.2) is 0 Å². The Kier molecular flexibility index (Phi) is 5.68. The largest absolute Gasteiger partial charge is 3.00 e. The Morgan fingerprint density at radius 1 is 0.944 bits per heavy atom. The summed E-state index contributed by atoms with van der Waals surface area (Å²) in [5, 5.41) is 0. The fourth-order valence-electron chi connectivity index (χ4n) is 5.19. The molecule has 0 aliphatic heterocycles. The first-order chi connectivity index (χ1) is 7.34. The topological polar surface area (TPSA) is 0 Å². The van der Waals surface area contributed by atoms with Gasteiger partial charge >= 0.3 is 26.2 Å². The molecule has 0 unspecified atom stereocenters. The Balaban J connectivity index is 0.000000540. The third-order valence-electron chi connectivity index (χ3n) is 5.31. The van der Waals surface area contributed by atoms with Crippen LogP contribution in [0, 0.1) is 17.8 Å². The number of rotatable bonds is 1. The van der Waals surface area contributed by atoms with Gasteiger partial charge in [0.05, 0.1) is 0 Å². The zero-order valence-corrected chi connectivity index (χ0v) is 14.5. The van der Waals surface area contributed by atoms with E-state index in [-0.39, 0.29) is 51.0 Å². The summed E-state index contributed by atoms with van der Waals surface area (Å²) in [6.07, 6.45) is 9.18. The molecule has 4 aliphatic carbocycles. The van der Waals surface area contributed by atoms with Crippen molar-refractivity contribution in [1.82, 2.24) is 0 Å². The predicted molar refractivity (Wildman–Crippen MR) is 61.9 cm³/mol. The summed E-state index contributed by atoms with van der Waals surface area (Å²) in [5.74, 6) is 3.23. The van der Waals surface area contributed by atoms with Crippen LogP contribution in [0.3, 0.4) is 0 Å². The summed E-state index contributed by atoms with van der Waals surface area (Å²) in [6.45, 7) is 0. The number of hydrogen-bond acceptors (Lipinski definition) is 0. The van der Waals surface area contributed by atoms with Gasteiger partial charge in [-0.15, -0.1) is 0 Å². The molecule has 97 valence electrons. The molecule has 3 heteroatoms. The van der Waals surface area contributed by atoms with Crippen molar-refractivity contribution in [3.8, 4) is 0 Å². The normalized spacial score (nSPS) is 39.4. The van der Waals surface area contributed by atoms with Crippen molar-refractivity contribution in [3.63, 3.8) is 0 Å². The van der Waals surface area contributed by atoms with Crippen LogP contribution in [-0.4, -0.2) is 0 Å². The smallest absolute Gasteiger partial charge is 1.00 e. The summed E-state index contributed by atoms with van der Waals surface area (Å²) in [4.78, 5) is 0. The predicted octanol–water partition coefficient (Wildman–Crippen LogP) is -2.12. The zero-order chi connectivity index (χ0) is 9.88. The number of halogens is 2. The van der Waals surface area contributed by atoms with E-state index in [1.54, 1.807) is 24.8 Å². The van der Waals surface area contributed by atoms with Crippen molar-refractivity contribution in [2.45, 2.75) is 43.9 Å². The van der Waals surface area contributed by atoms with Crippen LogP contribution in [0.4, 0.5) is 0 Å². The van der Waals surface area contributed by atoms with Crippen molar-refractivity contribution in [2.75, 3.05) is 0 Å². The zero-order valence-electron chi connectivity index (χ0n) is 10.5. The first kappa shape index (κ1) is 16.9. The monoisotopic (exact) mass is 359 g/mol. The Bertz CT molecular complexity index is 337. The van der Waals surface area contributed by atoms with E-state index in [1.165, 1.54) is 19.3 Å². The fraction of sp³-hybridized carbons (Fsp3) is 0.667. The van der Waals surface area contributed by atoms with Crippen LogP contribution < -0.4 is 24.8 Å². The molecular weight excluding hydrogens is 342 g/mol. The minimum atomic E-state index is 0. The quantitative estimate of drug-likeness (QED) is 0.502. The van der Waals surface area contributed by atoms with Crippen molar-refractivity contribution in [3.05, 3.63) is 29.8 Å². The molecule has 0 N–H and O–H groups in total.